The van der Waals surface area contributed by atoms with E-state index in [1.54, 1.807) is 36.4 Å². The molecule has 0 fully saturated rings. The van der Waals surface area contributed by atoms with Crippen molar-refractivity contribution in [2.75, 3.05) is 16.6 Å². The Bertz CT molecular complexity index is 1290. The number of hydrogen-bond acceptors (Lipinski definition) is 4. The maximum absolute atomic E-state index is 13.1. The third-order valence-corrected chi connectivity index (χ3v) is 7.92. The van der Waals surface area contributed by atoms with Gasteiger partial charge in [0.05, 0.1) is 17.5 Å². The van der Waals surface area contributed by atoms with Crippen LogP contribution in [0.2, 0.25) is 5.02 Å². The van der Waals surface area contributed by atoms with Gasteiger partial charge in [-0.1, -0.05) is 35.9 Å². The van der Waals surface area contributed by atoms with Gasteiger partial charge in [0.1, 0.15) is 5.75 Å². The fraction of sp³-hybridized carbons (Fsp3) is 0.231. The molecule has 3 unspecified atom stereocenters. The highest BCUT2D eigenvalue weighted by atomic mass is 35.5. The Morgan fingerprint density at radius 2 is 1.82 bits per heavy atom. The molecule has 7 heteroatoms. The molecule has 0 bridgehead atoms. The van der Waals surface area contributed by atoms with Gasteiger partial charge in [-0.25, -0.2) is 8.42 Å². The van der Waals surface area contributed by atoms with E-state index in [0.29, 0.717) is 29.0 Å². The first-order chi connectivity index (χ1) is 15.9. The van der Waals surface area contributed by atoms with Crippen LogP contribution in [-0.2, 0) is 10.0 Å². The van der Waals surface area contributed by atoms with E-state index in [2.05, 4.69) is 34.3 Å². The molecule has 1 heterocycles. The Hall–Kier alpha value is -2.96. The first-order valence-corrected chi connectivity index (χ1v) is 12.9. The maximum atomic E-state index is 13.1. The molecule has 3 aromatic carbocycles. The lowest BCUT2D eigenvalue weighted by molar-refractivity contribution is 0.340. The molecule has 5 nitrogen and oxygen atoms in total. The predicted molar refractivity (Wildman–Crippen MR) is 133 cm³/mol. The lowest BCUT2D eigenvalue weighted by Gasteiger charge is -2.37. The van der Waals surface area contributed by atoms with Crippen LogP contribution in [-0.4, -0.2) is 15.0 Å². The van der Waals surface area contributed by atoms with Crippen LogP contribution in [0.25, 0.3) is 0 Å². The van der Waals surface area contributed by atoms with Crippen molar-refractivity contribution >= 4 is 33.0 Å². The van der Waals surface area contributed by atoms with Crippen LogP contribution >= 0.6 is 11.6 Å². The van der Waals surface area contributed by atoms with Crippen molar-refractivity contribution in [3.05, 3.63) is 95.0 Å². The first-order valence-electron chi connectivity index (χ1n) is 11.0. The summed E-state index contributed by atoms with van der Waals surface area (Å²) in [4.78, 5) is 0.251. The van der Waals surface area contributed by atoms with Gasteiger partial charge in [0.15, 0.2) is 0 Å². The number of allylic oxidation sites excluding steroid dienone is 2. The number of benzene rings is 3. The number of ether oxygens (including phenoxy) is 1. The number of rotatable bonds is 6. The second-order valence-corrected chi connectivity index (χ2v) is 10.5. The summed E-state index contributed by atoms with van der Waals surface area (Å²) in [5, 5.41) is 4.35. The minimum absolute atomic E-state index is 0.138. The summed E-state index contributed by atoms with van der Waals surface area (Å²) in [5.74, 6) is 1.17. The number of nitrogens with one attached hydrogen (secondary N) is 2. The van der Waals surface area contributed by atoms with Gasteiger partial charge >= 0.3 is 0 Å². The molecule has 3 aromatic rings. The lowest BCUT2D eigenvalue weighted by atomic mass is 9.77. The summed E-state index contributed by atoms with van der Waals surface area (Å²) >= 11 is 6.08. The van der Waals surface area contributed by atoms with Gasteiger partial charge in [0.25, 0.3) is 10.0 Å². The molecule has 5 rings (SSSR count). The van der Waals surface area contributed by atoms with Crippen LogP contribution in [0.4, 0.5) is 11.4 Å². The van der Waals surface area contributed by atoms with Crippen LogP contribution < -0.4 is 14.8 Å². The van der Waals surface area contributed by atoms with Gasteiger partial charge in [-0.2, -0.15) is 0 Å². The van der Waals surface area contributed by atoms with Crippen molar-refractivity contribution in [3.63, 3.8) is 0 Å². The minimum atomic E-state index is -3.73. The average molecular weight is 481 g/mol. The molecule has 3 atom stereocenters. The van der Waals surface area contributed by atoms with E-state index in [0.717, 1.165) is 17.7 Å². The van der Waals surface area contributed by atoms with Gasteiger partial charge in [-0.15, -0.1) is 0 Å². The van der Waals surface area contributed by atoms with E-state index in [1.165, 1.54) is 5.56 Å². The van der Waals surface area contributed by atoms with Crippen LogP contribution in [0.5, 0.6) is 5.75 Å². The molecule has 0 amide bonds. The van der Waals surface area contributed by atoms with Crippen molar-refractivity contribution in [2.45, 2.75) is 30.2 Å². The topological polar surface area (TPSA) is 67.4 Å². The molecule has 1 aliphatic heterocycles. The summed E-state index contributed by atoms with van der Waals surface area (Å²) in [6, 6.07) is 20.3. The normalized spacial score (nSPS) is 21.1. The molecule has 0 aromatic heterocycles. The Balaban J connectivity index is 1.43. The molecule has 0 saturated carbocycles. The smallest absolute Gasteiger partial charge is 0.261 e. The van der Waals surface area contributed by atoms with Crippen LogP contribution in [0.1, 0.15) is 36.4 Å². The Kier molecular flexibility index (Phi) is 5.81. The molecular formula is C26H25ClN2O3S. The zero-order valence-corrected chi connectivity index (χ0v) is 19.7. The van der Waals surface area contributed by atoms with Gasteiger partial charge in [-0.3, -0.25) is 4.72 Å². The first kappa shape index (κ1) is 21.9. The molecule has 2 aliphatic rings. The number of sulfonamides is 1. The van der Waals surface area contributed by atoms with E-state index in [1.807, 2.05) is 25.1 Å². The monoisotopic (exact) mass is 480 g/mol. The second-order valence-electron chi connectivity index (χ2n) is 8.34. The van der Waals surface area contributed by atoms with Crippen LogP contribution in [0.3, 0.4) is 0 Å². The van der Waals surface area contributed by atoms with Gasteiger partial charge in [0.2, 0.25) is 0 Å². The van der Waals surface area contributed by atoms with Crippen LogP contribution in [0.15, 0.2) is 83.8 Å². The predicted octanol–water partition coefficient (Wildman–Crippen LogP) is 6.37. The molecule has 0 saturated heterocycles. The van der Waals surface area contributed by atoms with Crippen LogP contribution in [0, 0.1) is 5.92 Å². The third kappa shape index (κ3) is 4.33. The molecule has 33 heavy (non-hydrogen) atoms. The van der Waals surface area contributed by atoms with Crippen molar-refractivity contribution in [3.8, 4) is 5.75 Å². The van der Waals surface area contributed by atoms with Crippen molar-refractivity contribution in [1.29, 1.82) is 0 Å². The SMILES string of the molecule is CCOc1ccc(NS(=O)(=O)c2ccc3c(c2)C2C=CCC2C(c2ccc(Cl)cc2)N3)cc1. The standard InChI is InChI=1S/C26H25ClN2O3S/c1-2-32-20-12-10-19(11-13-20)29-33(30,31)21-14-15-25-24(16-21)22-4-3-5-23(22)26(28-25)17-6-8-18(27)9-7-17/h3-4,6-16,22-23,26,28-29H,2,5H2,1H3. The highest BCUT2D eigenvalue weighted by molar-refractivity contribution is 7.92. The van der Waals surface area contributed by atoms with E-state index in [4.69, 9.17) is 16.3 Å². The maximum Gasteiger partial charge on any atom is 0.261 e. The molecule has 170 valence electrons. The van der Waals surface area contributed by atoms with E-state index >= 15 is 0 Å². The number of halogens is 1. The Morgan fingerprint density at radius 1 is 1.06 bits per heavy atom. The Morgan fingerprint density at radius 3 is 2.55 bits per heavy atom. The van der Waals surface area contributed by atoms with E-state index in [9.17, 15) is 8.42 Å². The highest BCUT2D eigenvalue weighted by Gasteiger charge is 2.38. The summed E-state index contributed by atoms with van der Waals surface area (Å²) in [5.41, 5.74) is 3.64. The summed E-state index contributed by atoms with van der Waals surface area (Å²) in [7, 11) is -3.73. The summed E-state index contributed by atoms with van der Waals surface area (Å²) in [6.45, 7) is 2.47. The largest absolute Gasteiger partial charge is 0.494 e. The molecule has 0 radical (unpaired) electrons. The van der Waals surface area contributed by atoms with Gasteiger partial charge < -0.3 is 10.1 Å². The highest BCUT2D eigenvalue weighted by Crippen LogP contribution is 2.50. The summed E-state index contributed by atoms with van der Waals surface area (Å²) in [6.07, 6.45) is 5.32. The lowest BCUT2D eigenvalue weighted by Crippen LogP contribution is -2.29. The number of fused-ring (bicyclic) bond motifs is 3. The Labute approximate surface area is 199 Å². The summed E-state index contributed by atoms with van der Waals surface area (Å²) < 4.78 is 34.3. The fourth-order valence-electron chi connectivity index (χ4n) is 4.74. The fourth-order valence-corrected chi connectivity index (χ4v) is 5.96. The molecular weight excluding hydrogens is 456 g/mol. The third-order valence-electron chi connectivity index (χ3n) is 6.29. The molecule has 2 N–H and O–H groups in total. The zero-order valence-electron chi connectivity index (χ0n) is 18.2. The van der Waals surface area contributed by atoms with Crippen molar-refractivity contribution in [1.82, 2.24) is 0 Å². The van der Waals surface area contributed by atoms with Crippen molar-refractivity contribution < 1.29 is 13.2 Å². The van der Waals surface area contributed by atoms with Gasteiger partial charge in [0, 0.05) is 22.3 Å². The number of anilines is 2. The zero-order chi connectivity index (χ0) is 23.0. The number of hydrogen-bond donors (Lipinski definition) is 2. The quantitative estimate of drug-likeness (QED) is 0.402. The molecule has 0 spiro atoms. The van der Waals surface area contributed by atoms with Gasteiger partial charge in [-0.05, 0) is 85.0 Å². The van der Waals surface area contributed by atoms with Crippen molar-refractivity contribution in [2.24, 2.45) is 5.92 Å². The van der Waals surface area contributed by atoms with E-state index < -0.39 is 10.0 Å². The van der Waals surface area contributed by atoms with E-state index in [-0.39, 0.29) is 16.9 Å². The minimum Gasteiger partial charge on any atom is -0.494 e. The average Bonchev–Trinajstić information content (AvgIpc) is 3.30. The molecule has 1 aliphatic carbocycles. The second kappa shape index (κ2) is 8.76.